The zero-order valence-corrected chi connectivity index (χ0v) is 7.82. The van der Waals surface area contributed by atoms with Crippen molar-refractivity contribution in [3.8, 4) is 0 Å². The van der Waals surface area contributed by atoms with Gasteiger partial charge in [0.1, 0.15) is 0 Å². The van der Waals surface area contributed by atoms with Crippen LogP contribution in [0.15, 0.2) is 12.2 Å². The second-order valence-corrected chi connectivity index (χ2v) is 2.53. The molecule has 0 rings (SSSR count). The summed E-state index contributed by atoms with van der Waals surface area (Å²) < 4.78 is 4.20. The Balaban J connectivity index is 4.40. The molecule has 8 heteroatoms. The van der Waals surface area contributed by atoms with E-state index in [1.165, 1.54) is 0 Å². The van der Waals surface area contributed by atoms with Gasteiger partial charge in [-0.2, -0.15) is 0 Å². The molecule has 16 heavy (non-hydrogen) atoms. The van der Waals surface area contributed by atoms with Crippen molar-refractivity contribution in [1.29, 1.82) is 0 Å². The maximum Gasteiger partial charge on any atom is 0.345 e. The zero-order chi connectivity index (χ0) is 12.7. The van der Waals surface area contributed by atoms with Crippen LogP contribution in [0.25, 0.3) is 0 Å². The van der Waals surface area contributed by atoms with E-state index in [-0.39, 0.29) is 0 Å². The molecular formula is C8H8O8. The van der Waals surface area contributed by atoms with E-state index in [0.717, 1.165) is 0 Å². The van der Waals surface area contributed by atoms with Crippen LogP contribution in [0.3, 0.4) is 0 Å². The summed E-state index contributed by atoms with van der Waals surface area (Å²) in [5.41, 5.74) is 0. The summed E-state index contributed by atoms with van der Waals surface area (Å²) >= 11 is 0. The molecule has 0 bridgehead atoms. The fourth-order valence-corrected chi connectivity index (χ4v) is 0.657. The topological polar surface area (TPSA) is 138 Å². The van der Waals surface area contributed by atoms with Crippen LogP contribution in [0.1, 0.15) is 6.42 Å². The highest BCUT2D eigenvalue weighted by Gasteiger charge is 2.24. The molecule has 0 saturated heterocycles. The Bertz CT molecular complexity index is 342. The van der Waals surface area contributed by atoms with E-state index in [9.17, 15) is 19.2 Å². The first-order valence-corrected chi connectivity index (χ1v) is 3.89. The Morgan fingerprint density at radius 1 is 1.06 bits per heavy atom. The van der Waals surface area contributed by atoms with Gasteiger partial charge in [0, 0.05) is 12.2 Å². The third-order valence-corrected chi connectivity index (χ3v) is 1.26. The van der Waals surface area contributed by atoms with Gasteiger partial charge in [0.2, 0.25) is 6.10 Å². The predicted octanol–water partition coefficient (Wildman–Crippen LogP) is -0.902. The molecule has 1 atom stereocenters. The average Bonchev–Trinajstić information content (AvgIpc) is 2.12. The molecule has 0 saturated carbocycles. The van der Waals surface area contributed by atoms with E-state index < -0.39 is 36.4 Å². The van der Waals surface area contributed by atoms with Crippen LogP contribution < -0.4 is 0 Å². The quantitative estimate of drug-likeness (QED) is 0.395. The van der Waals surface area contributed by atoms with Crippen molar-refractivity contribution >= 4 is 23.9 Å². The predicted molar refractivity (Wildman–Crippen MR) is 46.5 cm³/mol. The Labute approximate surface area is 88.7 Å². The van der Waals surface area contributed by atoms with E-state index >= 15 is 0 Å². The van der Waals surface area contributed by atoms with E-state index in [0.29, 0.717) is 12.2 Å². The lowest BCUT2D eigenvalue weighted by molar-refractivity contribution is -0.164. The first-order valence-electron chi connectivity index (χ1n) is 3.89. The molecule has 0 aliphatic heterocycles. The summed E-state index contributed by atoms with van der Waals surface area (Å²) in [6.45, 7) is 0. The molecule has 0 aromatic rings. The number of carboxylic acids is 3. The van der Waals surface area contributed by atoms with Crippen molar-refractivity contribution in [1.82, 2.24) is 0 Å². The lowest BCUT2D eigenvalue weighted by Crippen LogP contribution is -2.29. The fraction of sp³-hybridized carbons (Fsp3) is 0.250. The van der Waals surface area contributed by atoms with Gasteiger partial charge in [0.05, 0.1) is 6.42 Å². The number of rotatable bonds is 6. The van der Waals surface area contributed by atoms with Gasteiger partial charge in [-0.05, 0) is 0 Å². The smallest absolute Gasteiger partial charge is 0.345 e. The summed E-state index contributed by atoms with van der Waals surface area (Å²) in [6.07, 6.45) is -1.81. The SMILES string of the molecule is O=C(O)/C=C/C(=O)OC(CC(=O)O)C(=O)O. The minimum atomic E-state index is -1.84. The largest absolute Gasteiger partial charge is 0.481 e. The summed E-state index contributed by atoms with van der Waals surface area (Å²) in [6, 6.07) is 0. The van der Waals surface area contributed by atoms with Crippen LogP contribution in [-0.4, -0.2) is 45.3 Å². The highest BCUT2D eigenvalue weighted by atomic mass is 16.6. The van der Waals surface area contributed by atoms with Crippen molar-refractivity contribution in [2.45, 2.75) is 12.5 Å². The third kappa shape index (κ3) is 6.13. The molecular weight excluding hydrogens is 224 g/mol. The highest BCUT2D eigenvalue weighted by Crippen LogP contribution is 2.00. The molecule has 0 aliphatic carbocycles. The molecule has 0 heterocycles. The van der Waals surface area contributed by atoms with Gasteiger partial charge in [0.25, 0.3) is 0 Å². The Hall–Kier alpha value is -2.38. The minimum absolute atomic E-state index is 0.446. The number of hydrogen-bond acceptors (Lipinski definition) is 5. The molecule has 0 fully saturated rings. The maximum absolute atomic E-state index is 10.8. The number of carbonyl (C=O) groups is 4. The lowest BCUT2D eigenvalue weighted by atomic mass is 10.2. The van der Waals surface area contributed by atoms with E-state index in [1.54, 1.807) is 0 Å². The molecule has 8 nitrogen and oxygen atoms in total. The van der Waals surface area contributed by atoms with Gasteiger partial charge in [-0.3, -0.25) is 4.79 Å². The zero-order valence-electron chi connectivity index (χ0n) is 7.82. The number of hydrogen-bond donors (Lipinski definition) is 3. The van der Waals surface area contributed by atoms with Crippen molar-refractivity contribution in [3.63, 3.8) is 0 Å². The molecule has 1 unspecified atom stereocenters. The van der Waals surface area contributed by atoms with Crippen molar-refractivity contribution in [3.05, 3.63) is 12.2 Å². The maximum atomic E-state index is 10.8. The fourth-order valence-electron chi connectivity index (χ4n) is 0.657. The van der Waals surface area contributed by atoms with Gasteiger partial charge >= 0.3 is 23.9 Å². The number of carboxylic acid groups (broad SMARTS) is 3. The molecule has 3 N–H and O–H groups in total. The molecule has 0 aromatic carbocycles. The van der Waals surface area contributed by atoms with Gasteiger partial charge in [-0.25, -0.2) is 14.4 Å². The number of carbonyl (C=O) groups excluding carboxylic acids is 1. The highest BCUT2D eigenvalue weighted by molar-refractivity contribution is 5.92. The monoisotopic (exact) mass is 232 g/mol. The normalized spacial score (nSPS) is 12.0. The first-order chi connectivity index (χ1) is 7.32. The average molecular weight is 232 g/mol. The van der Waals surface area contributed by atoms with E-state index in [2.05, 4.69) is 4.74 Å². The Morgan fingerprint density at radius 2 is 1.62 bits per heavy atom. The van der Waals surface area contributed by atoms with Crippen LogP contribution in [0, 0.1) is 0 Å². The molecule has 0 aromatic heterocycles. The van der Waals surface area contributed by atoms with Crippen molar-refractivity contribution in [2.75, 3.05) is 0 Å². The van der Waals surface area contributed by atoms with E-state index in [4.69, 9.17) is 15.3 Å². The second-order valence-electron chi connectivity index (χ2n) is 2.53. The molecule has 88 valence electrons. The Kier molecular flexibility index (Phi) is 5.25. The van der Waals surface area contributed by atoms with Crippen LogP contribution in [0.2, 0.25) is 0 Å². The third-order valence-electron chi connectivity index (χ3n) is 1.26. The van der Waals surface area contributed by atoms with Crippen molar-refractivity contribution < 1.29 is 39.2 Å². The number of ether oxygens (including phenoxy) is 1. The van der Waals surface area contributed by atoms with E-state index in [1.807, 2.05) is 0 Å². The molecule has 0 radical (unpaired) electrons. The summed E-state index contributed by atoms with van der Waals surface area (Å²) in [4.78, 5) is 41.4. The standard InChI is InChI=1S/C8H8O8/c9-5(10)1-2-7(13)16-4(8(14)15)3-6(11)12/h1-2,4H,3H2,(H,9,10)(H,11,12)(H,14,15)/b2-1+. The van der Waals surface area contributed by atoms with Crippen LogP contribution in [0.5, 0.6) is 0 Å². The lowest BCUT2D eigenvalue weighted by Gasteiger charge is -2.09. The second kappa shape index (κ2) is 6.17. The van der Waals surface area contributed by atoms with Crippen LogP contribution in [-0.2, 0) is 23.9 Å². The minimum Gasteiger partial charge on any atom is -0.481 e. The summed E-state index contributed by atoms with van der Waals surface area (Å²) in [7, 11) is 0. The van der Waals surface area contributed by atoms with Gasteiger partial charge in [-0.15, -0.1) is 0 Å². The molecule has 0 aliphatic rings. The number of aliphatic carboxylic acids is 3. The Morgan fingerprint density at radius 3 is 2.00 bits per heavy atom. The summed E-state index contributed by atoms with van der Waals surface area (Å²) in [5, 5.41) is 24.9. The summed E-state index contributed by atoms with van der Waals surface area (Å²) in [5.74, 6) is -5.74. The van der Waals surface area contributed by atoms with Crippen molar-refractivity contribution in [2.24, 2.45) is 0 Å². The molecule has 0 spiro atoms. The van der Waals surface area contributed by atoms with Gasteiger partial charge < -0.3 is 20.1 Å². The van der Waals surface area contributed by atoms with Gasteiger partial charge in [-0.1, -0.05) is 0 Å². The first kappa shape index (κ1) is 13.6. The van der Waals surface area contributed by atoms with Gasteiger partial charge in [0.15, 0.2) is 0 Å². The van der Waals surface area contributed by atoms with Crippen LogP contribution in [0.4, 0.5) is 0 Å². The number of esters is 1. The van der Waals surface area contributed by atoms with Crippen LogP contribution >= 0.6 is 0 Å². The molecule has 0 amide bonds.